The molecule has 0 heterocycles. The van der Waals surface area contributed by atoms with Crippen LogP contribution in [0.15, 0.2) is 36.4 Å². The highest BCUT2D eigenvalue weighted by Crippen LogP contribution is 2.37. The average molecular weight is 367 g/mol. The molecule has 2 aromatic rings. The van der Waals surface area contributed by atoms with Crippen LogP contribution in [0.5, 0.6) is 11.5 Å². The van der Waals surface area contributed by atoms with Crippen LogP contribution in [0.3, 0.4) is 0 Å². The Morgan fingerprint density at radius 1 is 1.20 bits per heavy atom. The standard InChI is InChI=1S/C18H20ClFN2O3/c1-10(18(2,3)25-17(22)23)13-8-11(5-7-16(13)21)24-12-4-6-14(19)15(20)9-12/h4-10H,21H2,1-3H3,(H2,22,23). The Kier molecular flexibility index (Phi) is 5.42. The largest absolute Gasteiger partial charge is 0.457 e. The van der Waals surface area contributed by atoms with Gasteiger partial charge in [0.2, 0.25) is 0 Å². The van der Waals surface area contributed by atoms with Crippen molar-refractivity contribution in [3.8, 4) is 11.5 Å². The number of hydrogen-bond acceptors (Lipinski definition) is 4. The highest BCUT2D eigenvalue weighted by molar-refractivity contribution is 6.30. The molecule has 0 aliphatic heterocycles. The summed E-state index contributed by atoms with van der Waals surface area (Å²) in [5.74, 6) is -0.0599. The molecule has 0 fully saturated rings. The molecule has 0 saturated heterocycles. The van der Waals surface area contributed by atoms with E-state index >= 15 is 0 Å². The van der Waals surface area contributed by atoms with Crippen LogP contribution < -0.4 is 16.2 Å². The maximum absolute atomic E-state index is 13.5. The number of benzene rings is 2. The Labute approximate surface area is 150 Å². The van der Waals surface area contributed by atoms with Gasteiger partial charge in [0.1, 0.15) is 22.9 Å². The third kappa shape index (κ3) is 4.54. The summed E-state index contributed by atoms with van der Waals surface area (Å²) in [5.41, 5.74) is 11.5. The summed E-state index contributed by atoms with van der Waals surface area (Å²) in [6, 6.07) is 9.23. The van der Waals surface area contributed by atoms with E-state index in [0.717, 1.165) is 5.56 Å². The number of primary amides is 1. The van der Waals surface area contributed by atoms with E-state index in [-0.39, 0.29) is 10.9 Å². The summed E-state index contributed by atoms with van der Waals surface area (Å²) >= 11 is 5.66. The van der Waals surface area contributed by atoms with Gasteiger partial charge in [-0.15, -0.1) is 0 Å². The molecule has 1 atom stereocenters. The molecule has 0 saturated carbocycles. The Morgan fingerprint density at radius 2 is 1.80 bits per heavy atom. The summed E-state index contributed by atoms with van der Waals surface area (Å²) in [5, 5.41) is 0.0179. The first-order valence-electron chi connectivity index (χ1n) is 7.61. The fourth-order valence-corrected chi connectivity index (χ4v) is 2.51. The Bertz CT molecular complexity index is 796. The average Bonchev–Trinajstić information content (AvgIpc) is 2.51. The SMILES string of the molecule is CC(c1cc(Oc2ccc(Cl)c(F)c2)ccc1N)C(C)(C)OC(N)=O. The molecule has 5 nitrogen and oxygen atoms in total. The number of hydrogen-bond donors (Lipinski definition) is 2. The molecular formula is C18H20ClFN2O3. The van der Waals surface area contributed by atoms with Crippen molar-refractivity contribution < 1.29 is 18.7 Å². The molecule has 2 aromatic carbocycles. The van der Waals surface area contributed by atoms with Gasteiger partial charge in [0.05, 0.1) is 5.02 Å². The Morgan fingerprint density at radius 3 is 2.40 bits per heavy atom. The zero-order valence-electron chi connectivity index (χ0n) is 14.2. The summed E-state index contributed by atoms with van der Waals surface area (Å²) in [6.07, 6.45) is -0.862. The number of nitrogen functional groups attached to an aromatic ring is 1. The molecule has 0 aromatic heterocycles. The van der Waals surface area contributed by atoms with Gasteiger partial charge in [0.25, 0.3) is 0 Å². The number of amides is 1. The number of ether oxygens (including phenoxy) is 2. The van der Waals surface area contributed by atoms with Crippen molar-refractivity contribution >= 4 is 23.4 Å². The van der Waals surface area contributed by atoms with Crippen molar-refractivity contribution in [3.05, 3.63) is 52.8 Å². The number of carbonyl (C=O) groups is 1. The maximum Gasteiger partial charge on any atom is 0.405 e. The van der Waals surface area contributed by atoms with Crippen molar-refractivity contribution in [2.75, 3.05) is 5.73 Å². The number of carbonyl (C=O) groups excluding carboxylic acids is 1. The van der Waals surface area contributed by atoms with Crippen LogP contribution in [0.25, 0.3) is 0 Å². The second kappa shape index (κ2) is 7.19. The van der Waals surface area contributed by atoms with Crippen molar-refractivity contribution in [1.82, 2.24) is 0 Å². The van der Waals surface area contributed by atoms with Crippen molar-refractivity contribution in [2.24, 2.45) is 5.73 Å². The molecule has 0 spiro atoms. The molecule has 1 amide bonds. The van der Waals surface area contributed by atoms with E-state index in [1.807, 2.05) is 6.92 Å². The highest BCUT2D eigenvalue weighted by Gasteiger charge is 2.32. The molecule has 0 aliphatic rings. The summed E-state index contributed by atoms with van der Waals surface area (Å²) < 4.78 is 24.4. The van der Waals surface area contributed by atoms with E-state index in [9.17, 15) is 9.18 Å². The quantitative estimate of drug-likeness (QED) is 0.742. The number of nitrogens with two attached hydrogens (primary N) is 2. The minimum absolute atomic E-state index is 0.0179. The van der Waals surface area contributed by atoms with Crippen LogP contribution in [0, 0.1) is 5.82 Å². The molecule has 134 valence electrons. The van der Waals surface area contributed by atoms with E-state index in [2.05, 4.69) is 0 Å². The minimum atomic E-state index is -0.870. The summed E-state index contributed by atoms with van der Waals surface area (Å²) in [4.78, 5) is 11.1. The van der Waals surface area contributed by atoms with E-state index < -0.39 is 17.5 Å². The lowest BCUT2D eigenvalue weighted by Crippen LogP contribution is -2.36. The molecule has 2 rings (SSSR count). The first-order chi connectivity index (χ1) is 11.6. The van der Waals surface area contributed by atoms with Crippen LogP contribution in [-0.4, -0.2) is 11.7 Å². The van der Waals surface area contributed by atoms with Gasteiger partial charge < -0.3 is 20.9 Å². The van der Waals surface area contributed by atoms with E-state index in [0.29, 0.717) is 17.2 Å². The van der Waals surface area contributed by atoms with Crippen LogP contribution >= 0.6 is 11.6 Å². The van der Waals surface area contributed by atoms with E-state index in [1.54, 1.807) is 38.1 Å². The number of rotatable bonds is 5. The smallest absolute Gasteiger partial charge is 0.405 e. The first-order valence-corrected chi connectivity index (χ1v) is 7.98. The zero-order chi connectivity index (χ0) is 18.8. The maximum atomic E-state index is 13.5. The molecule has 0 bridgehead atoms. The van der Waals surface area contributed by atoms with Crippen LogP contribution in [0.2, 0.25) is 5.02 Å². The highest BCUT2D eigenvalue weighted by atomic mass is 35.5. The lowest BCUT2D eigenvalue weighted by Gasteiger charge is -2.32. The van der Waals surface area contributed by atoms with Gasteiger partial charge in [0.15, 0.2) is 0 Å². The second-order valence-electron chi connectivity index (χ2n) is 6.21. The third-order valence-electron chi connectivity index (χ3n) is 4.06. The molecule has 7 heteroatoms. The first kappa shape index (κ1) is 18.9. The van der Waals surface area contributed by atoms with Gasteiger partial charge >= 0.3 is 6.09 Å². The molecule has 25 heavy (non-hydrogen) atoms. The van der Waals surface area contributed by atoms with Crippen LogP contribution in [-0.2, 0) is 4.74 Å². The second-order valence-corrected chi connectivity index (χ2v) is 6.62. The minimum Gasteiger partial charge on any atom is -0.457 e. The number of anilines is 1. The predicted molar refractivity (Wildman–Crippen MR) is 95.5 cm³/mol. The molecule has 4 N–H and O–H groups in total. The van der Waals surface area contributed by atoms with Crippen molar-refractivity contribution in [3.63, 3.8) is 0 Å². The van der Waals surface area contributed by atoms with Gasteiger partial charge in [-0.3, -0.25) is 0 Å². The fourth-order valence-electron chi connectivity index (χ4n) is 2.39. The molecule has 1 unspecified atom stereocenters. The van der Waals surface area contributed by atoms with Gasteiger partial charge in [-0.1, -0.05) is 18.5 Å². The van der Waals surface area contributed by atoms with Gasteiger partial charge in [-0.05, 0) is 49.7 Å². The lowest BCUT2D eigenvalue weighted by molar-refractivity contribution is 0.0283. The van der Waals surface area contributed by atoms with Crippen molar-refractivity contribution in [2.45, 2.75) is 32.3 Å². The molecule has 0 aliphatic carbocycles. The number of halogens is 2. The fraction of sp³-hybridized carbons (Fsp3) is 0.278. The van der Waals surface area contributed by atoms with Gasteiger partial charge in [-0.2, -0.15) is 0 Å². The topological polar surface area (TPSA) is 87.6 Å². The molecule has 0 radical (unpaired) electrons. The summed E-state index contributed by atoms with van der Waals surface area (Å²) in [7, 11) is 0. The van der Waals surface area contributed by atoms with Gasteiger partial charge in [-0.25, -0.2) is 9.18 Å². The van der Waals surface area contributed by atoms with Crippen molar-refractivity contribution in [1.29, 1.82) is 0 Å². The summed E-state index contributed by atoms with van der Waals surface area (Å²) in [6.45, 7) is 5.34. The Hall–Kier alpha value is -2.47. The van der Waals surface area contributed by atoms with Crippen LogP contribution in [0.1, 0.15) is 32.3 Å². The monoisotopic (exact) mass is 366 g/mol. The normalized spacial score (nSPS) is 12.5. The third-order valence-corrected chi connectivity index (χ3v) is 4.36. The van der Waals surface area contributed by atoms with Gasteiger partial charge in [0, 0.05) is 17.7 Å². The van der Waals surface area contributed by atoms with Crippen LogP contribution in [0.4, 0.5) is 14.9 Å². The predicted octanol–water partition coefficient (Wildman–Crippen LogP) is 4.83. The Balaban J connectivity index is 2.30. The van der Waals surface area contributed by atoms with E-state index in [4.69, 9.17) is 32.5 Å². The molecular weight excluding hydrogens is 347 g/mol. The lowest BCUT2D eigenvalue weighted by atomic mass is 9.85. The van der Waals surface area contributed by atoms with E-state index in [1.165, 1.54) is 12.1 Å². The zero-order valence-corrected chi connectivity index (χ0v) is 14.9.